The number of nitrogens with zero attached hydrogens (tertiary/aromatic N) is 7. The number of carbonyl (C=O) groups excluding carboxylic acids is 2. The van der Waals surface area contributed by atoms with Crippen LogP contribution >= 0.6 is 11.6 Å². The molecule has 198 valence electrons. The molecule has 0 bridgehead atoms. The third-order valence-corrected chi connectivity index (χ3v) is 6.11. The molecule has 1 atom stereocenters. The van der Waals surface area contributed by atoms with Crippen LogP contribution in [0.25, 0.3) is 0 Å². The van der Waals surface area contributed by atoms with Gasteiger partial charge in [-0.2, -0.15) is 5.01 Å². The lowest BCUT2D eigenvalue weighted by atomic mass is 10.2. The van der Waals surface area contributed by atoms with Crippen molar-refractivity contribution in [3.05, 3.63) is 50.7 Å². The Labute approximate surface area is 214 Å². The summed E-state index contributed by atoms with van der Waals surface area (Å²) in [5.41, 5.74) is 0.741. The van der Waals surface area contributed by atoms with Crippen molar-refractivity contribution in [2.45, 2.75) is 26.6 Å². The number of rotatable bonds is 9. The third-order valence-electron chi connectivity index (χ3n) is 5.89. The number of hydrogen-bond acceptors (Lipinski definition) is 12. The zero-order valence-corrected chi connectivity index (χ0v) is 21.6. The third kappa shape index (κ3) is 6.20. The van der Waals surface area contributed by atoms with Crippen molar-refractivity contribution < 1.29 is 19.2 Å². The number of nitro groups is 1. The number of ether oxygens (including phenoxy) is 1. The number of halogens is 1. The number of nitrogens with one attached hydrogen (secondary N) is 2. The molecule has 2 aliphatic rings. The highest BCUT2D eigenvalue weighted by molar-refractivity contribution is 6.29. The van der Waals surface area contributed by atoms with Gasteiger partial charge in [-0.15, -0.1) is 0 Å². The number of hydrazine groups is 1. The molecule has 1 aromatic heterocycles. The van der Waals surface area contributed by atoms with Crippen molar-refractivity contribution in [3.8, 4) is 0 Å². The molecule has 1 aromatic rings. The topological polar surface area (TPSA) is 140 Å². The number of aromatic nitrogens is 1. The maximum atomic E-state index is 12.8. The van der Waals surface area contributed by atoms with Gasteiger partial charge < -0.3 is 14.5 Å². The monoisotopic (exact) mass is 525 g/mol. The Bertz CT molecular complexity index is 986. The number of carbonyl (C=O) groups is 2. The summed E-state index contributed by atoms with van der Waals surface area (Å²) in [7, 11) is 2.95. The minimum Gasteiger partial charge on any atom is -0.466 e. The van der Waals surface area contributed by atoms with Gasteiger partial charge in [0.15, 0.2) is 5.82 Å². The van der Waals surface area contributed by atoms with Crippen LogP contribution in [-0.2, 0) is 20.9 Å². The Kier molecular flexibility index (Phi) is 9.39. The highest BCUT2D eigenvalue weighted by Crippen LogP contribution is 2.26. The predicted octanol–water partition coefficient (Wildman–Crippen LogP) is -0.162. The van der Waals surface area contributed by atoms with Crippen molar-refractivity contribution in [3.63, 3.8) is 0 Å². The first-order chi connectivity index (χ1) is 17.2. The van der Waals surface area contributed by atoms with E-state index in [1.54, 1.807) is 29.1 Å². The van der Waals surface area contributed by atoms with Crippen molar-refractivity contribution >= 4 is 23.5 Å². The molecule has 0 saturated carbocycles. The molecule has 0 aliphatic carbocycles. The molecule has 36 heavy (non-hydrogen) atoms. The van der Waals surface area contributed by atoms with E-state index in [1.165, 1.54) is 24.1 Å². The zero-order valence-electron chi connectivity index (χ0n) is 20.8. The minimum atomic E-state index is -1.11. The summed E-state index contributed by atoms with van der Waals surface area (Å²) in [5.74, 6) is -0.676. The summed E-state index contributed by atoms with van der Waals surface area (Å²) in [4.78, 5) is 46.8. The second-order valence-corrected chi connectivity index (χ2v) is 8.76. The van der Waals surface area contributed by atoms with E-state index < -0.39 is 23.0 Å². The fourth-order valence-corrected chi connectivity index (χ4v) is 4.45. The van der Waals surface area contributed by atoms with Crippen molar-refractivity contribution in [2.24, 2.45) is 0 Å². The van der Waals surface area contributed by atoms with E-state index in [0.29, 0.717) is 44.1 Å². The lowest BCUT2D eigenvalue weighted by molar-refractivity contribution is -0.436. The first-order valence-electron chi connectivity index (χ1n) is 11.4. The number of hydrogen-bond donors (Lipinski definition) is 2. The van der Waals surface area contributed by atoms with E-state index >= 15 is 0 Å². The molecule has 1 amide bonds. The van der Waals surface area contributed by atoms with E-state index in [-0.39, 0.29) is 18.9 Å². The highest BCUT2D eigenvalue weighted by Gasteiger charge is 2.43. The van der Waals surface area contributed by atoms with Gasteiger partial charge in [-0.3, -0.25) is 25.5 Å². The van der Waals surface area contributed by atoms with Gasteiger partial charge in [0, 0.05) is 39.9 Å². The highest BCUT2D eigenvalue weighted by atomic mass is 35.5. The molecule has 0 radical (unpaired) electrons. The first-order valence-corrected chi connectivity index (χ1v) is 11.8. The Morgan fingerprint density at radius 2 is 2.03 bits per heavy atom. The Morgan fingerprint density at radius 1 is 1.33 bits per heavy atom. The van der Waals surface area contributed by atoms with Gasteiger partial charge in [0.1, 0.15) is 11.7 Å². The van der Waals surface area contributed by atoms with Crippen molar-refractivity contribution in [2.75, 3.05) is 53.9 Å². The summed E-state index contributed by atoms with van der Waals surface area (Å²) in [6.07, 6.45) is 0.518. The smallest absolute Gasteiger partial charge is 0.345 e. The molecule has 14 nitrogen and oxygen atoms in total. The second-order valence-electron chi connectivity index (χ2n) is 8.38. The summed E-state index contributed by atoms with van der Waals surface area (Å²) in [6.45, 7) is 5.22. The molecule has 3 rings (SSSR count). The molecule has 1 fully saturated rings. The molecule has 0 aromatic carbocycles. The first kappa shape index (κ1) is 27.5. The van der Waals surface area contributed by atoms with Crippen molar-refractivity contribution in [1.29, 1.82) is 0 Å². The van der Waals surface area contributed by atoms with Gasteiger partial charge in [-0.25, -0.2) is 19.7 Å². The molecule has 0 spiro atoms. The van der Waals surface area contributed by atoms with Crippen LogP contribution in [0, 0.1) is 10.1 Å². The zero-order chi connectivity index (χ0) is 26.4. The van der Waals surface area contributed by atoms with Crippen LogP contribution in [0.1, 0.15) is 19.4 Å². The lowest BCUT2D eigenvalue weighted by Gasteiger charge is -2.47. The Hall–Kier alpha value is -3.04. The summed E-state index contributed by atoms with van der Waals surface area (Å²) < 4.78 is 5.00. The molecule has 15 heteroatoms. The van der Waals surface area contributed by atoms with Crippen LogP contribution in [0.5, 0.6) is 0 Å². The van der Waals surface area contributed by atoms with Crippen LogP contribution in [0.2, 0.25) is 5.15 Å². The SMILES string of the molecule is CCN(Cc1ccc(Cl)nc1)C1=C([N+](=O)[O-])CN(N(C(C)=O)C(C(=O)OC)N2CNCNC2)CN1C. The van der Waals surface area contributed by atoms with Crippen LogP contribution in [0.3, 0.4) is 0 Å². The van der Waals surface area contributed by atoms with Gasteiger partial charge >= 0.3 is 11.7 Å². The van der Waals surface area contributed by atoms with Gasteiger partial charge in [-0.1, -0.05) is 17.7 Å². The molecular formula is C21H32ClN9O5. The molecule has 3 heterocycles. The Balaban J connectivity index is 1.96. The van der Waals surface area contributed by atoms with Gasteiger partial charge in [-0.05, 0) is 18.6 Å². The van der Waals surface area contributed by atoms with Gasteiger partial charge in [0.25, 0.3) is 0 Å². The molecular weight excluding hydrogens is 494 g/mol. The van der Waals surface area contributed by atoms with E-state index in [1.807, 2.05) is 17.9 Å². The Morgan fingerprint density at radius 3 is 2.56 bits per heavy atom. The van der Waals surface area contributed by atoms with E-state index in [0.717, 1.165) is 5.56 Å². The predicted molar refractivity (Wildman–Crippen MR) is 130 cm³/mol. The summed E-state index contributed by atoms with van der Waals surface area (Å²) >= 11 is 5.89. The van der Waals surface area contributed by atoms with Crippen LogP contribution in [0.15, 0.2) is 29.8 Å². The lowest BCUT2D eigenvalue weighted by Crippen LogP contribution is -2.68. The maximum absolute atomic E-state index is 12.8. The van der Waals surface area contributed by atoms with Crippen molar-refractivity contribution in [1.82, 2.24) is 40.3 Å². The maximum Gasteiger partial charge on any atom is 0.345 e. The summed E-state index contributed by atoms with van der Waals surface area (Å²) in [5, 5.41) is 21.5. The average Bonchev–Trinajstić information content (AvgIpc) is 2.86. The van der Waals surface area contributed by atoms with Gasteiger partial charge in [0.05, 0.1) is 32.0 Å². The fourth-order valence-electron chi connectivity index (χ4n) is 4.34. The van der Waals surface area contributed by atoms with Crippen LogP contribution in [0.4, 0.5) is 0 Å². The number of pyridine rings is 1. The number of esters is 1. The van der Waals surface area contributed by atoms with Crippen LogP contribution in [-0.4, -0.2) is 107 Å². The summed E-state index contributed by atoms with van der Waals surface area (Å²) in [6, 6.07) is 3.49. The van der Waals surface area contributed by atoms with Gasteiger partial charge in [0.2, 0.25) is 12.1 Å². The standard InChI is InChI=1S/C21H32ClN9O5/c1-5-27(9-16-6-7-18(22)25-8-16)19-17(31(34)35)10-29(14-26(19)3)30(15(2)32)20(21(33)36-4)28-12-23-11-24-13-28/h6-8,20,23-24H,5,9-14H2,1-4H3. The quantitative estimate of drug-likeness (QED) is 0.191. The molecule has 1 unspecified atom stereocenters. The molecule has 2 aliphatic heterocycles. The largest absolute Gasteiger partial charge is 0.466 e. The second kappa shape index (κ2) is 12.3. The minimum absolute atomic E-state index is 0.0997. The normalized spacial score (nSPS) is 18.1. The van der Waals surface area contributed by atoms with Crippen LogP contribution < -0.4 is 10.6 Å². The number of methoxy groups -OCH3 is 1. The number of amides is 1. The van der Waals surface area contributed by atoms with E-state index in [9.17, 15) is 19.7 Å². The van der Waals surface area contributed by atoms with E-state index in [2.05, 4.69) is 15.6 Å². The molecule has 2 N–H and O–H groups in total. The average molecular weight is 526 g/mol. The fraction of sp³-hybridized carbons (Fsp3) is 0.571. The molecule has 1 saturated heterocycles. The van der Waals surface area contributed by atoms with E-state index in [4.69, 9.17) is 16.3 Å².